The summed E-state index contributed by atoms with van der Waals surface area (Å²) in [7, 11) is 5.44. The number of fused-ring (bicyclic) bond motifs is 1. The first-order valence-electron chi connectivity index (χ1n) is 10.2. The van der Waals surface area contributed by atoms with Gasteiger partial charge < -0.3 is 19.3 Å². The average molecular weight is 444 g/mol. The molecule has 0 aliphatic heterocycles. The van der Waals surface area contributed by atoms with Gasteiger partial charge in [0.25, 0.3) is 5.56 Å². The molecule has 11 nitrogen and oxygen atoms in total. The van der Waals surface area contributed by atoms with E-state index >= 15 is 0 Å². The highest BCUT2D eigenvalue weighted by Gasteiger charge is 2.19. The van der Waals surface area contributed by atoms with Crippen molar-refractivity contribution in [1.82, 2.24) is 19.1 Å². The zero-order chi connectivity index (χ0) is 23.4. The van der Waals surface area contributed by atoms with Crippen molar-refractivity contribution in [2.45, 2.75) is 32.6 Å². The molecule has 11 heteroatoms. The molecule has 0 amide bonds. The number of hydrogen-bond acceptors (Lipinski definition) is 8. The van der Waals surface area contributed by atoms with Crippen LogP contribution in [0.3, 0.4) is 0 Å². The van der Waals surface area contributed by atoms with Crippen LogP contribution in [0.15, 0.2) is 39.0 Å². The quantitative estimate of drug-likeness (QED) is 0.328. The summed E-state index contributed by atoms with van der Waals surface area (Å²) in [4.78, 5) is 33.1. The first kappa shape index (κ1) is 23.2. The van der Waals surface area contributed by atoms with Crippen molar-refractivity contribution in [2.75, 3.05) is 31.0 Å². The smallest absolute Gasteiger partial charge is 0.329 e. The second kappa shape index (κ2) is 9.79. The Morgan fingerprint density at radius 1 is 1.28 bits per heavy atom. The largest absolute Gasteiger partial charge is 0.389 e. The fourth-order valence-corrected chi connectivity index (χ4v) is 3.09. The van der Waals surface area contributed by atoms with Gasteiger partial charge in [-0.1, -0.05) is 12.1 Å². The summed E-state index contributed by atoms with van der Waals surface area (Å²) in [6.07, 6.45) is 0.675. The van der Waals surface area contributed by atoms with Crippen LogP contribution in [-0.4, -0.2) is 63.3 Å². The Hall–Kier alpha value is -3.44. The lowest BCUT2D eigenvalue weighted by molar-refractivity contribution is -0.000105. The summed E-state index contributed by atoms with van der Waals surface area (Å²) in [5, 5.41) is 14.6. The van der Waals surface area contributed by atoms with Crippen LogP contribution in [0.1, 0.15) is 19.4 Å². The maximum atomic E-state index is 12.5. The number of benzene rings is 1. The van der Waals surface area contributed by atoms with Crippen LogP contribution in [0.2, 0.25) is 0 Å². The Labute approximate surface area is 185 Å². The van der Waals surface area contributed by atoms with Crippen LogP contribution in [0.5, 0.6) is 0 Å². The Balaban J connectivity index is 1.92. The molecule has 0 radical (unpaired) electrons. The zero-order valence-electron chi connectivity index (χ0n) is 18.9. The first-order valence-corrected chi connectivity index (χ1v) is 10.2. The lowest BCUT2D eigenvalue weighted by atomic mass is 10.2. The molecule has 1 unspecified atom stereocenters. The number of nitrogens with zero attached hydrogens (tertiary/aromatic N) is 5. The normalized spacial score (nSPS) is 12.7. The highest BCUT2D eigenvalue weighted by molar-refractivity contribution is 5.81. The van der Waals surface area contributed by atoms with E-state index in [2.05, 4.69) is 20.5 Å². The van der Waals surface area contributed by atoms with Gasteiger partial charge in [0.2, 0.25) is 5.95 Å². The number of hydrogen-bond donors (Lipinski definition) is 3. The maximum absolute atomic E-state index is 12.5. The number of aryl methyl sites for hydroxylation is 1. The number of nitrogens with one attached hydrogen (secondary N) is 2. The van der Waals surface area contributed by atoms with Crippen molar-refractivity contribution in [1.29, 1.82) is 0 Å². The molecule has 0 aliphatic carbocycles. The summed E-state index contributed by atoms with van der Waals surface area (Å²) >= 11 is 0. The molecule has 32 heavy (non-hydrogen) atoms. The Kier molecular flexibility index (Phi) is 7.11. The number of ether oxygens (including phenoxy) is 1. The van der Waals surface area contributed by atoms with E-state index in [0.29, 0.717) is 0 Å². The molecule has 0 bridgehead atoms. The van der Waals surface area contributed by atoms with Gasteiger partial charge >= 0.3 is 5.69 Å². The highest BCUT2D eigenvalue weighted by atomic mass is 16.5. The first-order chi connectivity index (χ1) is 15.2. The molecule has 0 aliphatic rings. The molecule has 1 atom stereocenters. The van der Waals surface area contributed by atoms with Gasteiger partial charge in [-0.2, -0.15) is 10.1 Å². The molecule has 0 fully saturated rings. The van der Waals surface area contributed by atoms with Gasteiger partial charge in [0, 0.05) is 26.8 Å². The van der Waals surface area contributed by atoms with Crippen molar-refractivity contribution in [3.8, 4) is 0 Å². The van der Waals surface area contributed by atoms with Crippen LogP contribution in [-0.2, 0) is 18.3 Å². The summed E-state index contributed by atoms with van der Waals surface area (Å²) in [5.41, 5.74) is 3.92. The second-order valence-corrected chi connectivity index (χ2v) is 7.93. The predicted molar refractivity (Wildman–Crippen MR) is 125 cm³/mol. The third-order valence-electron chi connectivity index (χ3n) is 4.81. The molecule has 3 N–H and O–H groups in total. The molecular formula is C21H29N7O4. The van der Waals surface area contributed by atoms with E-state index < -0.39 is 17.4 Å². The van der Waals surface area contributed by atoms with E-state index in [1.807, 2.05) is 57.1 Å². The summed E-state index contributed by atoms with van der Waals surface area (Å²) < 4.78 is 8.19. The molecule has 0 saturated carbocycles. The van der Waals surface area contributed by atoms with Crippen molar-refractivity contribution >= 4 is 29.0 Å². The lowest BCUT2D eigenvalue weighted by Gasteiger charge is -2.15. The van der Waals surface area contributed by atoms with Gasteiger partial charge in [-0.15, -0.1) is 0 Å². The number of imidazole rings is 1. The number of rotatable bonds is 9. The number of H-pyrrole nitrogens is 1. The number of aliphatic hydroxyl groups is 1. The minimum atomic E-state index is -0.894. The number of hydrazone groups is 1. The van der Waals surface area contributed by atoms with Gasteiger partial charge in [-0.05, 0) is 31.5 Å². The van der Waals surface area contributed by atoms with E-state index in [0.717, 1.165) is 11.3 Å². The van der Waals surface area contributed by atoms with Crippen molar-refractivity contribution in [2.24, 2.45) is 12.1 Å². The number of anilines is 2. The highest BCUT2D eigenvalue weighted by Crippen LogP contribution is 2.17. The Morgan fingerprint density at radius 2 is 1.97 bits per heavy atom. The fourth-order valence-electron chi connectivity index (χ4n) is 3.09. The molecule has 3 rings (SSSR count). The predicted octanol–water partition coefficient (Wildman–Crippen LogP) is 0.721. The molecule has 172 valence electrons. The van der Waals surface area contributed by atoms with Crippen molar-refractivity contribution < 1.29 is 9.84 Å². The minimum absolute atomic E-state index is 0.0277. The van der Waals surface area contributed by atoms with E-state index in [9.17, 15) is 14.7 Å². The van der Waals surface area contributed by atoms with Crippen LogP contribution in [0.4, 0.5) is 11.6 Å². The van der Waals surface area contributed by atoms with E-state index in [-0.39, 0.29) is 36.4 Å². The topological polar surface area (TPSA) is 130 Å². The Bertz CT molecular complexity index is 1210. The van der Waals surface area contributed by atoms with Crippen molar-refractivity contribution in [3.63, 3.8) is 0 Å². The van der Waals surface area contributed by atoms with Crippen LogP contribution in [0.25, 0.3) is 11.2 Å². The van der Waals surface area contributed by atoms with E-state index in [1.54, 1.807) is 6.21 Å². The van der Waals surface area contributed by atoms with Crippen molar-refractivity contribution in [3.05, 3.63) is 50.7 Å². The van der Waals surface area contributed by atoms with Gasteiger partial charge in [0.15, 0.2) is 11.2 Å². The van der Waals surface area contributed by atoms with Gasteiger partial charge in [-0.3, -0.25) is 14.3 Å². The monoisotopic (exact) mass is 443 g/mol. The van der Waals surface area contributed by atoms with E-state index in [4.69, 9.17) is 4.74 Å². The Morgan fingerprint density at radius 3 is 2.59 bits per heavy atom. The molecule has 2 heterocycles. The van der Waals surface area contributed by atoms with Crippen LogP contribution >= 0.6 is 0 Å². The van der Waals surface area contributed by atoms with E-state index in [1.165, 1.54) is 16.2 Å². The van der Waals surface area contributed by atoms with Gasteiger partial charge in [-0.25, -0.2) is 10.2 Å². The summed E-state index contributed by atoms with van der Waals surface area (Å²) in [6.45, 7) is 3.85. The van der Waals surface area contributed by atoms with Crippen LogP contribution < -0.4 is 21.6 Å². The summed E-state index contributed by atoms with van der Waals surface area (Å²) in [6, 6.07) is 7.78. The number of aromatic amines is 1. The molecule has 3 aromatic rings. The maximum Gasteiger partial charge on any atom is 0.329 e. The zero-order valence-corrected chi connectivity index (χ0v) is 18.9. The SMILES string of the molecule is CC(C)OCC(O)Cn1c(N/N=C\c2ccc(N(C)C)cc2)nc2c1c(=O)[nH]c(=O)n2C. The molecule has 2 aromatic heterocycles. The third kappa shape index (κ3) is 5.24. The second-order valence-electron chi connectivity index (χ2n) is 7.93. The standard InChI is InChI=1S/C21H29N7O4/c1-13(2)32-12-16(29)11-28-17-18(27(5)21(31)24-19(17)30)23-20(28)25-22-10-14-6-8-15(9-7-14)26(3)4/h6-10,13,16,29H,11-12H2,1-5H3,(H,23,25)(H,24,30,31)/b22-10-. The van der Waals surface area contributed by atoms with Gasteiger partial charge in [0.05, 0.1) is 31.6 Å². The van der Waals surface area contributed by atoms with Crippen LogP contribution in [0, 0.1) is 0 Å². The molecule has 0 saturated heterocycles. The lowest BCUT2D eigenvalue weighted by Crippen LogP contribution is -2.30. The number of aliphatic hydroxyl groups excluding tert-OH is 1. The summed E-state index contributed by atoms with van der Waals surface area (Å²) in [5.74, 6) is 0.219. The fraction of sp³-hybridized carbons (Fsp3) is 0.429. The average Bonchev–Trinajstić information content (AvgIpc) is 3.09. The third-order valence-corrected chi connectivity index (χ3v) is 4.81. The minimum Gasteiger partial charge on any atom is -0.389 e. The number of aromatic nitrogens is 4. The molecule has 1 aromatic carbocycles. The molecular weight excluding hydrogens is 414 g/mol. The van der Waals surface area contributed by atoms with Gasteiger partial charge in [0.1, 0.15) is 0 Å². The molecule has 0 spiro atoms.